The fraction of sp³-hybridized carbons (Fsp3) is 0.368. The smallest absolute Gasteiger partial charge is 0.287 e. The summed E-state index contributed by atoms with van der Waals surface area (Å²) >= 11 is 0. The number of rotatable bonds is 4. The molecular weight excluding hydrogens is 334 g/mol. The van der Waals surface area contributed by atoms with E-state index >= 15 is 0 Å². The average molecular weight is 355 g/mol. The number of hydrogen-bond acceptors (Lipinski definition) is 5. The van der Waals surface area contributed by atoms with Gasteiger partial charge in [-0.3, -0.25) is 9.48 Å². The second-order valence-electron chi connectivity index (χ2n) is 6.63. The molecule has 1 aromatic carbocycles. The Morgan fingerprint density at radius 1 is 1.35 bits per heavy atom. The third kappa shape index (κ3) is 2.94. The normalized spacial score (nSPS) is 19.8. The summed E-state index contributed by atoms with van der Waals surface area (Å²) in [6.45, 7) is 4.68. The maximum atomic E-state index is 12.8. The molecule has 0 unspecified atom stereocenters. The molecule has 0 bridgehead atoms. The Morgan fingerprint density at radius 2 is 2.19 bits per heavy atom. The molecule has 3 aromatic rings. The summed E-state index contributed by atoms with van der Waals surface area (Å²) in [6, 6.07) is 5.64. The van der Waals surface area contributed by atoms with E-state index in [-0.39, 0.29) is 18.1 Å². The highest BCUT2D eigenvalue weighted by Gasteiger charge is 2.33. The Morgan fingerprint density at radius 3 is 2.92 bits per heavy atom. The molecule has 7 nitrogen and oxygen atoms in total. The third-order valence-electron chi connectivity index (χ3n) is 4.68. The van der Waals surface area contributed by atoms with Gasteiger partial charge in [0.25, 0.3) is 5.91 Å². The van der Waals surface area contributed by atoms with E-state index in [4.69, 9.17) is 13.9 Å². The molecule has 4 rings (SSSR count). The van der Waals surface area contributed by atoms with Crippen molar-refractivity contribution in [2.24, 2.45) is 7.05 Å². The number of benzene rings is 1. The van der Waals surface area contributed by atoms with E-state index in [9.17, 15) is 4.79 Å². The van der Waals surface area contributed by atoms with Crippen LogP contribution in [0.1, 0.15) is 21.7 Å². The van der Waals surface area contributed by atoms with E-state index < -0.39 is 0 Å². The molecule has 0 spiro atoms. The van der Waals surface area contributed by atoms with Crippen LogP contribution < -0.4 is 10.1 Å². The van der Waals surface area contributed by atoms with Gasteiger partial charge in [-0.1, -0.05) is 18.2 Å². The van der Waals surface area contributed by atoms with Crippen molar-refractivity contribution in [3.63, 3.8) is 0 Å². The largest absolute Gasteiger partial charge is 0.482 e. The summed E-state index contributed by atoms with van der Waals surface area (Å²) in [5.41, 5.74) is 2.59. The lowest BCUT2D eigenvalue weighted by molar-refractivity contribution is 0.0877. The predicted octanol–water partition coefficient (Wildman–Crippen LogP) is 2.36. The van der Waals surface area contributed by atoms with Crippen molar-refractivity contribution in [1.82, 2.24) is 15.1 Å². The Balaban J connectivity index is 1.52. The number of amides is 1. The summed E-state index contributed by atoms with van der Waals surface area (Å²) in [5.74, 6) is 0.729. The van der Waals surface area contributed by atoms with Crippen LogP contribution in [-0.2, 0) is 11.8 Å². The lowest BCUT2D eigenvalue weighted by Crippen LogP contribution is -2.45. The number of carbonyl (C=O) groups is 1. The molecule has 0 aliphatic carbocycles. The molecule has 26 heavy (non-hydrogen) atoms. The number of carbonyl (C=O) groups excluding carboxylic acids is 1. The number of para-hydroxylation sites is 1. The highest BCUT2D eigenvalue weighted by Crippen LogP contribution is 2.28. The molecule has 1 N–H and O–H groups in total. The van der Waals surface area contributed by atoms with Gasteiger partial charge in [0.1, 0.15) is 11.7 Å². The van der Waals surface area contributed by atoms with Crippen molar-refractivity contribution in [2.45, 2.75) is 26.0 Å². The van der Waals surface area contributed by atoms with Crippen molar-refractivity contribution in [3.05, 3.63) is 47.5 Å². The lowest BCUT2D eigenvalue weighted by atomic mass is 10.1. The fourth-order valence-electron chi connectivity index (χ4n) is 3.25. The van der Waals surface area contributed by atoms with Gasteiger partial charge in [0.05, 0.1) is 31.6 Å². The van der Waals surface area contributed by atoms with Gasteiger partial charge in [-0.15, -0.1) is 0 Å². The highest BCUT2D eigenvalue weighted by molar-refractivity contribution is 5.99. The van der Waals surface area contributed by atoms with Crippen LogP contribution in [0.15, 0.2) is 35.0 Å². The summed E-state index contributed by atoms with van der Waals surface area (Å²) in [6.07, 6.45) is 3.15. The number of aryl methyl sites for hydroxylation is 3. The number of fused-ring (bicyclic) bond motifs is 1. The van der Waals surface area contributed by atoms with E-state index in [1.165, 1.54) is 0 Å². The van der Waals surface area contributed by atoms with Gasteiger partial charge < -0.3 is 19.2 Å². The highest BCUT2D eigenvalue weighted by atomic mass is 16.5. The molecule has 136 valence electrons. The van der Waals surface area contributed by atoms with Gasteiger partial charge in [0.2, 0.25) is 0 Å². The van der Waals surface area contributed by atoms with Crippen LogP contribution >= 0.6 is 0 Å². The first-order valence-electron chi connectivity index (χ1n) is 8.55. The van der Waals surface area contributed by atoms with Crippen LogP contribution in [0.2, 0.25) is 0 Å². The fourth-order valence-corrected chi connectivity index (χ4v) is 3.25. The lowest BCUT2D eigenvalue weighted by Gasteiger charge is -2.19. The number of aromatic nitrogens is 2. The first kappa shape index (κ1) is 16.7. The Labute approximate surface area is 150 Å². The number of nitrogens with one attached hydrogen (secondary N) is 1. The monoisotopic (exact) mass is 355 g/mol. The standard InChI is InChI=1S/C19H21N3O4/c1-11-5-4-6-14-12(2)18(26-17(11)14)19(23)21-15-9-24-10-16(15)25-13-7-20-22(3)8-13/h4-8,15-16H,9-10H2,1-3H3,(H,21,23)/t15-,16+/m0/s1. The Hall–Kier alpha value is -2.80. The Kier molecular flexibility index (Phi) is 4.16. The minimum Gasteiger partial charge on any atom is -0.482 e. The molecule has 0 saturated carbocycles. The van der Waals surface area contributed by atoms with Gasteiger partial charge in [-0.2, -0.15) is 5.10 Å². The van der Waals surface area contributed by atoms with E-state index in [1.807, 2.05) is 39.1 Å². The summed E-state index contributed by atoms with van der Waals surface area (Å²) in [7, 11) is 1.82. The molecule has 2 aromatic heterocycles. The zero-order chi connectivity index (χ0) is 18.3. The van der Waals surface area contributed by atoms with E-state index in [1.54, 1.807) is 17.1 Å². The van der Waals surface area contributed by atoms with Crippen LogP contribution in [0.25, 0.3) is 11.0 Å². The van der Waals surface area contributed by atoms with Gasteiger partial charge in [0.15, 0.2) is 11.5 Å². The van der Waals surface area contributed by atoms with Crippen LogP contribution in [0.3, 0.4) is 0 Å². The molecule has 0 radical (unpaired) electrons. The quantitative estimate of drug-likeness (QED) is 0.777. The van der Waals surface area contributed by atoms with Gasteiger partial charge in [-0.05, 0) is 19.4 Å². The number of nitrogens with zero attached hydrogens (tertiary/aromatic N) is 2. The molecule has 2 atom stereocenters. The average Bonchev–Trinajstić information content (AvgIpc) is 3.30. The second kappa shape index (κ2) is 6.49. The minimum atomic E-state index is -0.269. The molecule has 1 aliphatic rings. The molecular formula is C19H21N3O4. The van der Waals surface area contributed by atoms with E-state index in [0.717, 1.165) is 22.1 Å². The number of hydrogen-bond donors (Lipinski definition) is 1. The predicted molar refractivity (Wildman–Crippen MR) is 95.4 cm³/mol. The van der Waals surface area contributed by atoms with Crippen molar-refractivity contribution >= 4 is 16.9 Å². The van der Waals surface area contributed by atoms with Gasteiger partial charge >= 0.3 is 0 Å². The van der Waals surface area contributed by atoms with Gasteiger partial charge in [-0.25, -0.2) is 0 Å². The summed E-state index contributed by atoms with van der Waals surface area (Å²) < 4.78 is 18.9. The second-order valence-corrected chi connectivity index (χ2v) is 6.63. The topological polar surface area (TPSA) is 78.5 Å². The van der Waals surface area contributed by atoms with Crippen molar-refractivity contribution in [1.29, 1.82) is 0 Å². The van der Waals surface area contributed by atoms with Crippen molar-refractivity contribution in [3.8, 4) is 5.75 Å². The van der Waals surface area contributed by atoms with Crippen LogP contribution in [-0.4, -0.2) is 41.0 Å². The minimum absolute atomic E-state index is 0.253. The number of ether oxygens (including phenoxy) is 2. The van der Waals surface area contributed by atoms with E-state index in [0.29, 0.717) is 24.7 Å². The maximum absolute atomic E-state index is 12.8. The zero-order valence-electron chi connectivity index (χ0n) is 15.0. The van der Waals surface area contributed by atoms with Crippen LogP contribution in [0.4, 0.5) is 0 Å². The molecule has 7 heteroatoms. The maximum Gasteiger partial charge on any atom is 0.287 e. The molecule has 3 heterocycles. The first-order valence-corrected chi connectivity index (χ1v) is 8.55. The third-order valence-corrected chi connectivity index (χ3v) is 4.68. The number of furan rings is 1. The molecule has 1 saturated heterocycles. The van der Waals surface area contributed by atoms with Crippen LogP contribution in [0.5, 0.6) is 5.75 Å². The van der Waals surface area contributed by atoms with Crippen molar-refractivity contribution in [2.75, 3.05) is 13.2 Å². The van der Waals surface area contributed by atoms with Crippen molar-refractivity contribution < 1.29 is 18.7 Å². The SMILES string of the molecule is Cc1c(C(=O)N[C@H]2COC[C@H]2Oc2cnn(C)c2)oc2c(C)cccc12. The Bertz CT molecular complexity index is 959. The molecule has 1 amide bonds. The van der Waals surface area contributed by atoms with Gasteiger partial charge in [0, 0.05) is 18.0 Å². The zero-order valence-corrected chi connectivity index (χ0v) is 15.0. The van der Waals surface area contributed by atoms with E-state index in [2.05, 4.69) is 10.4 Å². The summed E-state index contributed by atoms with van der Waals surface area (Å²) in [5, 5.41) is 8.03. The first-order chi connectivity index (χ1) is 12.5. The van der Waals surface area contributed by atoms with Crippen LogP contribution in [0, 0.1) is 13.8 Å². The molecule has 1 aliphatic heterocycles. The summed E-state index contributed by atoms with van der Waals surface area (Å²) in [4.78, 5) is 12.8. The molecule has 1 fully saturated rings.